The number of aliphatic hydroxyl groups is 4. The zero-order valence-corrected chi connectivity index (χ0v) is 37.1. The summed E-state index contributed by atoms with van der Waals surface area (Å²) in [5.74, 6) is -0.806. The molecule has 0 amide bonds. The molecule has 0 aromatic carbocycles. The second-order valence-corrected chi connectivity index (χ2v) is 16.6. The number of allylic oxidation sites excluding steroid dienone is 4. The largest absolute Gasteiger partial charge is 0.462 e. The number of unbranched alkanes of at least 4 members (excludes halogenated alkanes) is 25. The number of rotatable bonds is 40. The first kappa shape index (κ1) is 54.2. The molecular formula is C48H88O10. The molecule has 0 aromatic rings. The van der Waals surface area contributed by atoms with Crippen LogP contribution in [0.5, 0.6) is 0 Å². The molecule has 1 fully saturated rings. The van der Waals surface area contributed by atoms with Gasteiger partial charge in [-0.1, -0.05) is 179 Å². The molecule has 1 heterocycles. The van der Waals surface area contributed by atoms with Gasteiger partial charge in [0, 0.05) is 12.8 Å². The van der Waals surface area contributed by atoms with Crippen LogP contribution in [0, 0.1) is 0 Å². The molecule has 4 N–H and O–H groups in total. The maximum atomic E-state index is 12.8. The predicted octanol–water partition coefficient (Wildman–Crippen LogP) is 10.5. The summed E-state index contributed by atoms with van der Waals surface area (Å²) in [5.41, 5.74) is 0. The normalized spacial score (nSPS) is 20.3. The number of carbonyl (C=O) groups excluding carboxylic acids is 2. The Morgan fingerprint density at radius 1 is 0.534 bits per heavy atom. The number of hydrogen-bond acceptors (Lipinski definition) is 10. The lowest BCUT2D eigenvalue weighted by Crippen LogP contribution is -2.59. The predicted molar refractivity (Wildman–Crippen MR) is 233 cm³/mol. The summed E-state index contributed by atoms with van der Waals surface area (Å²) in [6.07, 6.45) is 36.0. The van der Waals surface area contributed by atoms with Gasteiger partial charge in [0.25, 0.3) is 0 Å². The highest BCUT2D eigenvalue weighted by atomic mass is 16.7. The number of aliphatic hydroxyl groups excluding tert-OH is 4. The molecule has 6 atom stereocenters. The van der Waals surface area contributed by atoms with E-state index in [0.717, 1.165) is 51.4 Å². The summed E-state index contributed by atoms with van der Waals surface area (Å²) in [5, 5.41) is 40.1. The Bertz CT molecular complexity index is 1000. The van der Waals surface area contributed by atoms with E-state index in [9.17, 15) is 30.0 Å². The van der Waals surface area contributed by atoms with Gasteiger partial charge in [0.1, 0.15) is 31.0 Å². The zero-order chi connectivity index (χ0) is 42.3. The van der Waals surface area contributed by atoms with Crippen LogP contribution in [-0.2, 0) is 28.5 Å². The third-order valence-corrected chi connectivity index (χ3v) is 11.1. The molecule has 2 unspecified atom stereocenters. The standard InChI is InChI=1S/C48H88O10/c1-3-5-7-9-11-13-15-17-19-21-23-25-27-29-31-33-35-37-44(51)57-41(40-56-48-47(54)46(53)45(52)42(38-49)58-48)39-55-43(50)36-34-32-30-28-26-24-22-20-18-16-14-12-10-8-6-4-2/h11,13,17,19,41-42,45-49,52-54H,3-10,12,14-16,18,20-40H2,1-2H3/b13-11+,19-17+/t41-,42-,45+,46?,47?,48-/m0/s1. The van der Waals surface area contributed by atoms with Crippen molar-refractivity contribution in [3.63, 3.8) is 0 Å². The lowest BCUT2D eigenvalue weighted by Gasteiger charge is -2.39. The van der Waals surface area contributed by atoms with Gasteiger partial charge in [-0.2, -0.15) is 0 Å². The van der Waals surface area contributed by atoms with E-state index < -0.39 is 49.4 Å². The number of carbonyl (C=O) groups is 2. The third kappa shape index (κ3) is 30.2. The van der Waals surface area contributed by atoms with Crippen molar-refractivity contribution in [1.82, 2.24) is 0 Å². The molecule has 0 saturated carbocycles. The summed E-state index contributed by atoms with van der Waals surface area (Å²) in [4.78, 5) is 25.4. The molecule has 0 spiro atoms. The Balaban J connectivity index is 2.30. The molecule has 0 aliphatic carbocycles. The van der Waals surface area contributed by atoms with Crippen molar-refractivity contribution in [3.05, 3.63) is 24.3 Å². The second-order valence-electron chi connectivity index (χ2n) is 16.6. The molecule has 0 radical (unpaired) electrons. The van der Waals surface area contributed by atoms with E-state index in [-0.39, 0.29) is 32.0 Å². The quantitative estimate of drug-likeness (QED) is 0.0267. The molecule has 0 bridgehead atoms. The van der Waals surface area contributed by atoms with Crippen molar-refractivity contribution in [2.24, 2.45) is 0 Å². The lowest BCUT2D eigenvalue weighted by molar-refractivity contribution is -0.305. The minimum atomic E-state index is -1.59. The Morgan fingerprint density at radius 2 is 0.966 bits per heavy atom. The summed E-state index contributed by atoms with van der Waals surface area (Å²) >= 11 is 0. The van der Waals surface area contributed by atoms with Crippen molar-refractivity contribution in [2.75, 3.05) is 19.8 Å². The van der Waals surface area contributed by atoms with Crippen molar-refractivity contribution in [1.29, 1.82) is 0 Å². The van der Waals surface area contributed by atoms with Gasteiger partial charge in [-0.25, -0.2) is 0 Å². The first-order valence-electron chi connectivity index (χ1n) is 23.9. The van der Waals surface area contributed by atoms with Crippen LogP contribution in [0.2, 0.25) is 0 Å². The van der Waals surface area contributed by atoms with E-state index in [4.69, 9.17) is 18.9 Å². The topological polar surface area (TPSA) is 152 Å². The Labute approximate surface area is 353 Å². The van der Waals surface area contributed by atoms with Crippen LogP contribution < -0.4 is 0 Å². The van der Waals surface area contributed by atoms with Gasteiger partial charge in [0.2, 0.25) is 0 Å². The van der Waals surface area contributed by atoms with Crippen LogP contribution in [0.1, 0.15) is 213 Å². The molecule has 10 heteroatoms. The van der Waals surface area contributed by atoms with Crippen molar-refractivity contribution < 1.29 is 49.0 Å². The van der Waals surface area contributed by atoms with Crippen molar-refractivity contribution >= 4 is 11.9 Å². The molecular weight excluding hydrogens is 737 g/mol. The van der Waals surface area contributed by atoms with Crippen LogP contribution in [0.25, 0.3) is 0 Å². The lowest BCUT2D eigenvalue weighted by atomic mass is 9.99. The molecule has 1 aliphatic heterocycles. The summed E-state index contributed by atoms with van der Waals surface area (Å²) in [7, 11) is 0. The monoisotopic (exact) mass is 825 g/mol. The van der Waals surface area contributed by atoms with Gasteiger partial charge in [-0.05, 0) is 44.9 Å². The fourth-order valence-corrected chi connectivity index (χ4v) is 7.28. The highest BCUT2D eigenvalue weighted by molar-refractivity contribution is 5.70. The number of ether oxygens (including phenoxy) is 4. The molecule has 1 aliphatic rings. The van der Waals surface area contributed by atoms with Crippen LogP contribution in [0.15, 0.2) is 24.3 Å². The van der Waals surface area contributed by atoms with Crippen LogP contribution in [0.4, 0.5) is 0 Å². The Hall–Kier alpha value is -1.82. The van der Waals surface area contributed by atoms with Gasteiger partial charge >= 0.3 is 11.9 Å². The molecule has 1 rings (SSSR count). The van der Waals surface area contributed by atoms with E-state index in [1.54, 1.807) is 0 Å². The molecule has 340 valence electrons. The Kier molecular flexibility index (Phi) is 36.7. The number of esters is 2. The summed E-state index contributed by atoms with van der Waals surface area (Å²) in [6.45, 7) is 3.41. The minimum absolute atomic E-state index is 0.216. The fraction of sp³-hybridized carbons (Fsp3) is 0.875. The molecule has 0 aromatic heterocycles. The van der Waals surface area contributed by atoms with Crippen LogP contribution in [-0.4, -0.2) is 89.0 Å². The van der Waals surface area contributed by atoms with Crippen LogP contribution in [0.3, 0.4) is 0 Å². The molecule has 10 nitrogen and oxygen atoms in total. The van der Waals surface area contributed by atoms with Crippen molar-refractivity contribution in [3.8, 4) is 0 Å². The van der Waals surface area contributed by atoms with Gasteiger partial charge in [-0.15, -0.1) is 0 Å². The van der Waals surface area contributed by atoms with Crippen molar-refractivity contribution in [2.45, 2.75) is 250 Å². The molecule has 1 saturated heterocycles. The third-order valence-electron chi connectivity index (χ3n) is 11.1. The average Bonchev–Trinajstić information content (AvgIpc) is 3.22. The minimum Gasteiger partial charge on any atom is -0.462 e. The molecule has 58 heavy (non-hydrogen) atoms. The van der Waals surface area contributed by atoms with E-state index >= 15 is 0 Å². The number of hydrogen-bond donors (Lipinski definition) is 4. The summed E-state index contributed by atoms with van der Waals surface area (Å²) < 4.78 is 22.2. The van der Waals surface area contributed by atoms with Gasteiger partial charge in [-0.3, -0.25) is 9.59 Å². The fourth-order valence-electron chi connectivity index (χ4n) is 7.28. The highest BCUT2D eigenvalue weighted by Crippen LogP contribution is 2.23. The smallest absolute Gasteiger partial charge is 0.306 e. The van der Waals surface area contributed by atoms with E-state index in [2.05, 4.69) is 38.2 Å². The van der Waals surface area contributed by atoms with E-state index in [1.165, 1.54) is 128 Å². The van der Waals surface area contributed by atoms with E-state index in [1.807, 2.05) is 0 Å². The zero-order valence-electron chi connectivity index (χ0n) is 37.1. The Morgan fingerprint density at radius 3 is 1.47 bits per heavy atom. The van der Waals surface area contributed by atoms with Gasteiger partial charge < -0.3 is 39.4 Å². The van der Waals surface area contributed by atoms with Crippen LogP contribution >= 0.6 is 0 Å². The second kappa shape index (κ2) is 39.3. The maximum Gasteiger partial charge on any atom is 0.306 e. The SMILES string of the molecule is CCCCC/C=C/C/C=C/CCCCCCCCCC(=O)O[C@@H](COC(=O)CCCCCCCCCCCCCCCCCC)CO[C@H]1O[C@@H](CO)[C@@H](O)C(O)C1O. The maximum absolute atomic E-state index is 12.8. The average molecular weight is 825 g/mol. The highest BCUT2D eigenvalue weighted by Gasteiger charge is 2.44. The first-order valence-corrected chi connectivity index (χ1v) is 23.9. The first-order chi connectivity index (χ1) is 28.3. The summed E-state index contributed by atoms with van der Waals surface area (Å²) in [6, 6.07) is 0. The van der Waals surface area contributed by atoms with E-state index in [0.29, 0.717) is 6.42 Å². The van der Waals surface area contributed by atoms with Gasteiger partial charge in [0.15, 0.2) is 12.4 Å². The van der Waals surface area contributed by atoms with Gasteiger partial charge in [0.05, 0.1) is 13.2 Å².